The predicted octanol–water partition coefficient (Wildman–Crippen LogP) is 3.32. The van der Waals surface area contributed by atoms with Crippen LogP contribution in [0.25, 0.3) is 0 Å². The maximum Gasteiger partial charge on any atom is 0.377 e. The zero-order valence-electron chi connectivity index (χ0n) is 8.62. The van der Waals surface area contributed by atoms with Gasteiger partial charge in [-0.1, -0.05) is 30.3 Å². The molecule has 0 amide bonds. The largest absolute Gasteiger partial charge is 0.377 e. The van der Waals surface area contributed by atoms with E-state index in [0.29, 0.717) is 5.56 Å². The van der Waals surface area contributed by atoms with Gasteiger partial charge in [-0.3, -0.25) is 0 Å². The van der Waals surface area contributed by atoms with E-state index in [1.807, 2.05) is 0 Å². The van der Waals surface area contributed by atoms with E-state index in [0.717, 1.165) is 0 Å². The second-order valence-electron chi connectivity index (χ2n) is 3.51. The second-order valence-corrected chi connectivity index (χ2v) is 3.98. The minimum absolute atomic E-state index is 0.117. The van der Waals surface area contributed by atoms with E-state index in [-0.39, 0.29) is 6.61 Å². The second kappa shape index (κ2) is 3.95. The Bertz CT molecular complexity index is 366. The van der Waals surface area contributed by atoms with Crippen LogP contribution in [0.2, 0.25) is 0 Å². The molecule has 1 aliphatic heterocycles. The van der Waals surface area contributed by atoms with Crippen LogP contribution >= 0.6 is 11.6 Å². The Labute approximate surface area is 97.1 Å². The Morgan fingerprint density at radius 2 is 2.06 bits per heavy atom. The number of alkyl halides is 3. The van der Waals surface area contributed by atoms with E-state index in [1.54, 1.807) is 37.3 Å². The first-order chi connectivity index (χ1) is 7.51. The van der Waals surface area contributed by atoms with Gasteiger partial charge >= 0.3 is 5.38 Å². The zero-order valence-corrected chi connectivity index (χ0v) is 9.38. The van der Waals surface area contributed by atoms with Crippen LogP contribution in [0.15, 0.2) is 30.3 Å². The molecule has 1 aromatic rings. The third-order valence-corrected chi connectivity index (χ3v) is 2.70. The summed E-state index contributed by atoms with van der Waals surface area (Å²) in [4.78, 5) is 0. The van der Waals surface area contributed by atoms with E-state index in [1.165, 1.54) is 0 Å². The number of halogens is 3. The Balaban J connectivity index is 2.23. The lowest BCUT2D eigenvalue weighted by Gasteiger charge is -2.17. The summed E-state index contributed by atoms with van der Waals surface area (Å²) in [5, 5.41) is -3.54. The monoisotopic (exact) mass is 248 g/mol. The minimum Gasteiger partial charge on any atom is -0.342 e. The fourth-order valence-corrected chi connectivity index (χ4v) is 1.88. The smallest absolute Gasteiger partial charge is 0.342 e. The van der Waals surface area contributed by atoms with Crippen molar-refractivity contribution in [2.24, 2.45) is 0 Å². The van der Waals surface area contributed by atoms with Crippen molar-refractivity contribution in [3.05, 3.63) is 35.9 Å². The van der Waals surface area contributed by atoms with Gasteiger partial charge in [-0.15, -0.1) is 0 Å². The summed E-state index contributed by atoms with van der Waals surface area (Å²) in [7, 11) is 0. The lowest BCUT2D eigenvalue weighted by atomic mass is 10.1. The summed E-state index contributed by atoms with van der Waals surface area (Å²) < 4.78 is 36.4. The maximum atomic E-state index is 13.2. The molecular weight excluding hydrogens is 238 g/mol. The van der Waals surface area contributed by atoms with Crippen molar-refractivity contribution < 1.29 is 18.3 Å². The van der Waals surface area contributed by atoms with E-state index in [4.69, 9.17) is 21.1 Å². The van der Waals surface area contributed by atoms with Gasteiger partial charge in [0.25, 0.3) is 5.79 Å². The van der Waals surface area contributed by atoms with Crippen LogP contribution in [0.4, 0.5) is 8.78 Å². The minimum atomic E-state index is -3.54. The first kappa shape index (κ1) is 11.8. The first-order valence-electron chi connectivity index (χ1n) is 4.94. The van der Waals surface area contributed by atoms with Gasteiger partial charge in [0.1, 0.15) is 6.10 Å². The summed E-state index contributed by atoms with van der Waals surface area (Å²) in [6, 6.07) is 8.70. The fraction of sp³-hybridized carbons (Fsp3) is 0.455. The van der Waals surface area contributed by atoms with Crippen LogP contribution in [-0.4, -0.2) is 17.8 Å². The zero-order chi connectivity index (χ0) is 11.8. The molecule has 0 aromatic heterocycles. The van der Waals surface area contributed by atoms with E-state index in [2.05, 4.69) is 0 Å². The van der Waals surface area contributed by atoms with Gasteiger partial charge in [0.2, 0.25) is 0 Å². The van der Waals surface area contributed by atoms with Crippen molar-refractivity contribution in [2.45, 2.75) is 24.2 Å². The topological polar surface area (TPSA) is 21.8 Å². The van der Waals surface area contributed by atoms with Crippen molar-refractivity contribution in [3.8, 4) is 0 Å². The maximum absolute atomic E-state index is 13.2. The van der Waals surface area contributed by atoms with Crippen molar-refractivity contribution in [3.63, 3.8) is 0 Å². The molecule has 0 saturated carbocycles. The molecule has 1 saturated heterocycles. The Kier molecular flexibility index (Phi) is 2.90. The molecule has 1 fully saturated rings. The van der Waals surface area contributed by atoms with Crippen LogP contribution in [0, 0.1) is 0 Å². The van der Waals surface area contributed by atoms with Crippen molar-refractivity contribution >= 4 is 11.6 Å². The molecule has 88 valence electrons. The van der Waals surface area contributed by atoms with Gasteiger partial charge in [0.15, 0.2) is 0 Å². The average molecular weight is 249 g/mol. The highest BCUT2D eigenvalue weighted by atomic mass is 35.5. The predicted molar refractivity (Wildman–Crippen MR) is 55.4 cm³/mol. The van der Waals surface area contributed by atoms with Crippen LogP contribution in [0.5, 0.6) is 0 Å². The molecule has 2 atom stereocenters. The van der Waals surface area contributed by atoms with Gasteiger partial charge in [0.05, 0.1) is 0 Å². The molecule has 1 aromatic carbocycles. The number of hydrogen-bond acceptors (Lipinski definition) is 2. The summed E-state index contributed by atoms with van der Waals surface area (Å²) in [5.74, 6) is -2.01. The highest BCUT2D eigenvalue weighted by Gasteiger charge is 2.74. The summed E-state index contributed by atoms with van der Waals surface area (Å²) in [5.41, 5.74) is 0.635. The number of benzene rings is 1. The van der Waals surface area contributed by atoms with Crippen molar-refractivity contribution in [1.29, 1.82) is 0 Å². The molecular formula is C11H11ClF2O2. The third-order valence-electron chi connectivity index (χ3n) is 2.44. The van der Waals surface area contributed by atoms with Crippen molar-refractivity contribution in [2.75, 3.05) is 6.61 Å². The SMILES string of the molecule is CCOC1(C(F)(F)Cl)OC1c1ccccc1. The standard InChI is InChI=1S/C11H11ClF2O2/c1-2-15-10(11(12,13)14)9(16-10)8-6-4-3-5-7-8/h3-7,9H,2H2,1H3. The van der Waals surface area contributed by atoms with Crippen LogP contribution in [0.1, 0.15) is 18.6 Å². The molecule has 0 radical (unpaired) electrons. The molecule has 5 heteroatoms. The third kappa shape index (κ3) is 1.81. The van der Waals surface area contributed by atoms with Gasteiger partial charge in [-0.05, 0) is 24.1 Å². The fourth-order valence-electron chi connectivity index (χ4n) is 1.68. The number of epoxide rings is 1. The van der Waals surface area contributed by atoms with Gasteiger partial charge < -0.3 is 9.47 Å². The van der Waals surface area contributed by atoms with Gasteiger partial charge in [0, 0.05) is 6.61 Å². The summed E-state index contributed by atoms with van der Waals surface area (Å²) >= 11 is 5.03. The number of hydrogen-bond donors (Lipinski definition) is 0. The number of ether oxygens (including phenoxy) is 2. The first-order valence-corrected chi connectivity index (χ1v) is 5.32. The quantitative estimate of drug-likeness (QED) is 0.602. The highest BCUT2D eigenvalue weighted by molar-refractivity contribution is 6.22. The molecule has 2 rings (SSSR count). The lowest BCUT2D eigenvalue weighted by Crippen LogP contribution is -2.35. The molecule has 0 bridgehead atoms. The molecule has 0 spiro atoms. The molecule has 16 heavy (non-hydrogen) atoms. The average Bonchev–Trinajstić information content (AvgIpc) is 2.95. The van der Waals surface area contributed by atoms with E-state index in [9.17, 15) is 8.78 Å². The highest BCUT2D eigenvalue weighted by Crippen LogP contribution is 2.60. The Morgan fingerprint density at radius 1 is 1.44 bits per heavy atom. The lowest BCUT2D eigenvalue weighted by molar-refractivity contribution is -0.156. The molecule has 1 aliphatic rings. The Hall–Kier alpha value is -0.710. The van der Waals surface area contributed by atoms with Crippen LogP contribution < -0.4 is 0 Å². The Morgan fingerprint density at radius 3 is 2.56 bits per heavy atom. The normalized spacial score (nSPS) is 29.1. The number of rotatable bonds is 4. The van der Waals surface area contributed by atoms with Gasteiger partial charge in [-0.2, -0.15) is 8.78 Å². The molecule has 0 N–H and O–H groups in total. The molecule has 1 heterocycles. The molecule has 2 nitrogen and oxygen atoms in total. The molecule has 0 aliphatic carbocycles. The summed E-state index contributed by atoms with van der Waals surface area (Å²) in [6.07, 6.45) is -0.804. The van der Waals surface area contributed by atoms with E-state index < -0.39 is 17.3 Å². The van der Waals surface area contributed by atoms with Gasteiger partial charge in [-0.25, -0.2) is 0 Å². The van der Waals surface area contributed by atoms with Crippen LogP contribution in [-0.2, 0) is 9.47 Å². The summed E-state index contributed by atoms with van der Waals surface area (Å²) in [6.45, 7) is 1.74. The van der Waals surface area contributed by atoms with Crippen molar-refractivity contribution in [1.82, 2.24) is 0 Å². The van der Waals surface area contributed by atoms with E-state index >= 15 is 0 Å². The van der Waals surface area contributed by atoms with Crippen LogP contribution in [0.3, 0.4) is 0 Å². The molecule has 2 unspecified atom stereocenters.